The Bertz CT molecular complexity index is 924. The van der Waals surface area contributed by atoms with Crippen molar-refractivity contribution in [2.24, 2.45) is 10.4 Å². The Morgan fingerprint density at radius 2 is 1.83 bits per heavy atom. The van der Waals surface area contributed by atoms with Crippen LogP contribution in [0, 0.1) is 9.81 Å². The third-order valence-corrected chi connectivity index (χ3v) is 5.75. The smallest absolute Gasteiger partial charge is 0.225 e. The summed E-state index contributed by atoms with van der Waals surface area (Å²) >= 11 is 5.94. The number of ether oxygens (including phenoxy) is 2. The molecule has 4 rings (SSSR count). The van der Waals surface area contributed by atoms with Crippen LogP contribution < -0.4 is 0 Å². The van der Waals surface area contributed by atoms with E-state index < -0.39 is 36.7 Å². The molecule has 0 aromatic heterocycles. The molecule has 9 heteroatoms. The van der Waals surface area contributed by atoms with Gasteiger partial charge in [-0.25, -0.2) is 0 Å². The molecule has 1 saturated heterocycles. The molecule has 0 bridgehead atoms. The lowest BCUT2D eigenvalue weighted by molar-refractivity contribution is -0.316. The fourth-order valence-electron chi connectivity index (χ4n) is 4.03. The average molecular weight is 419 g/mol. The topological polar surface area (TPSA) is 118 Å². The molecular weight excluding hydrogens is 400 g/mol. The van der Waals surface area contributed by atoms with Gasteiger partial charge in [0.1, 0.15) is 18.2 Å². The lowest BCUT2D eigenvalue weighted by Gasteiger charge is -2.44. The van der Waals surface area contributed by atoms with Crippen LogP contribution in [0.3, 0.4) is 0 Å². The van der Waals surface area contributed by atoms with E-state index in [-0.39, 0.29) is 6.61 Å². The predicted octanol–water partition coefficient (Wildman–Crippen LogP) is 2.64. The van der Waals surface area contributed by atoms with Gasteiger partial charge in [-0.3, -0.25) is 0 Å². The van der Waals surface area contributed by atoms with Crippen LogP contribution in [0.4, 0.5) is 0 Å². The van der Waals surface area contributed by atoms with Crippen LogP contribution in [0.15, 0.2) is 52.8 Å². The highest BCUT2D eigenvalue weighted by Crippen LogP contribution is 2.47. The maximum Gasteiger partial charge on any atom is 0.225 e. The van der Waals surface area contributed by atoms with E-state index in [2.05, 4.69) is 10.4 Å². The first-order valence-electron chi connectivity index (χ1n) is 9.14. The lowest BCUT2D eigenvalue weighted by Crippen LogP contribution is -2.62. The minimum absolute atomic E-state index is 0.145. The van der Waals surface area contributed by atoms with Gasteiger partial charge in [0.05, 0.1) is 13.2 Å². The van der Waals surface area contributed by atoms with Crippen LogP contribution in [0.1, 0.15) is 22.3 Å². The lowest BCUT2D eigenvalue weighted by atomic mass is 9.84. The van der Waals surface area contributed by atoms with Crippen LogP contribution in [0.5, 0.6) is 0 Å². The van der Waals surface area contributed by atoms with Crippen LogP contribution in [0.2, 0.25) is 5.02 Å². The number of aliphatic hydroxyl groups is 2. The maximum absolute atomic E-state index is 11.6. The summed E-state index contributed by atoms with van der Waals surface area (Å²) in [6.07, 6.45) is -2.06. The van der Waals surface area contributed by atoms with Gasteiger partial charge < -0.3 is 19.7 Å². The van der Waals surface area contributed by atoms with Crippen LogP contribution >= 0.6 is 11.6 Å². The molecular formula is C20H19ClN2O6. The van der Waals surface area contributed by atoms with Crippen molar-refractivity contribution >= 4 is 11.6 Å². The Balaban J connectivity index is 1.72. The molecule has 1 fully saturated rings. The zero-order valence-electron chi connectivity index (χ0n) is 15.3. The minimum atomic E-state index is -1.68. The molecule has 0 radical (unpaired) electrons. The van der Waals surface area contributed by atoms with Crippen molar-refractivity contribution in [3.8, 4) is 0 Å². The van der Waals surface area contributed by atoms with Crippen LogP contribution in [0.25, 0.3) is 0 Å². The van der Waals surface area contributed by atoms with Gasteiger partial charge in [-0.1, -0.05) is 46.2 Å². The fraction of sp³-hybridized carbons (Fsp3) is 0.400. The highest BCUT2D eigenvalue weighted by molar-refractivity contribution is 6.30. The molecule has 0 amide bonds. The summed E-state index contributed by atoms with van der Waals surface area (Å²) in [6.45, 7) is -0.420. The second-order valence-electron chi connectivity index (χ2n) is 7.23. The summed E-state index contributed by atoms with van der Waals surface area (Å²) in [6, 6.07) is 10.4. The summed E-state index contributed by atoms with van der Waals surface area (Å²) in [7, 11) is 0. The van der Waals surface area contributed by atoms with Crippen molar-refractivity contribution in [1.82, 2.24) is 0 Å². The molecule has 2 aromatic rings. The van der Waals surface area contributed by atoms with Crippen LogP contribution in [-0.4, -0.2) is 41.1 Å². The Morgan fingerprint density at radius 1 is 1.10 bits per heavy atom. The number of hydrogen-bond donors (Lipinski definition) is 2. The maximum atomic E-state index is 11.6. The number of nitrogens with zero attached hydrogens (tertiary/aromatic N) is 2. The Hall–Kier alpha value is -2.23. The molecule has 0 unspecified atom stereocenters. The second-order valence-corrected chi connectivity index (χ2v) is 7.66. The van der Waals surface area contributed by atoms with Crippen molar-refractivity contribution in [3.05, 3.63) is 79.6 Å². The molecule has 152 valence electrons. The SMILES string of the molecule is O=N[C@H]1[C@H](O)[C@@H](N=O)[C@@]2(OCc3ccc(Cc4ccc(Cl)cc4)cc32)O[C@@H]1CO. The molecule has 2 aliphatic heterocycles. The molecule has 29 heavy (non-hydrogen) atoms. The van der Waals surface area contributed by atoms with Gasteiger partial charge in [0, 0.05) is 10.6 Å². The van der Waals surface area contributed by atoms with Crippen molar-refractivity contribution in [1.29, 1.82) is 0 Å². The normalized spacial score (nSPS) is 30.9. The van der Waals surface area contributed by atoms with Crippen LogP contribution in [-0.2, 0) is 28.3 Å². The van der Waals surface area contributed by atoms with E-state index in [1.165, 1.54) is 0 Å². The number of rotatable bonds is 5. The first-order valence-corrected chi connectivity index (χ1v) is 9.52. The molecule has 2 aromatic carbocycles. The number of benzene rings is 2. The van der Waals surface area contributed by atoms with Crippen molar-refractivity contribution in [2.45, 2.75) is 43.1 Å². The highest BCUT2D eigenvalue weighted by atomic mass is 35.5. The molecule has 2 aliphatic rings. The average Bonchev–Trinajstić information content (AvgIpc) is 3.08. The Labute approximate surface area is 171 Å². The van der Waals surface area contributed by atoms with Gasteiger partial charge in [0.25, 0.3) is 0 Å². The summed E-state index contributed by atoms with van der Waals surface area (Å²) in [5.74, 6) is -1.68. The van der Waals surface area contributed by atoms with E-state index >= 15 is 0 Å². The minimum Gasteiger partial charge on any atom is -0.394 e. The second kappa shape index (κ2) is 7.89. The molecule has 2 heterocycles. The number of fused-ring (bicyclic) bond motifs is 2. The van der Waals surface area contributed by atoms with Crippen molar-refractivity contribution in [2.75, 3.05) is 6.61 Å². The summed E-state index contributed by atoms with van der Waals surface area (Å²) in [5, 5.41) is 26.6. The van der Waals surface area contributed by atoms with Gasteiger partial charge in [-0.15, -0.1) is 0 Å². The van der Waals surface area contributed by atoms with E-state index in [1.54, 1.807) is 12.1 Å². The Kier molecular flexibility index (Phi) is 5.46. The number of aliphatic hydroxyl groups excluding tert-OH is 2. The summed E-state index contributed by atoms with van der Waals surface area (Å²) in [4.78, 5) is 22.8. The standard InChI is InChI=1S/C20H19ClN2O6/c21-14-5-2-11(3-6-14)7-12-1-4-13-10-28-20(15(13)8-12)19(23-27)18(25)17(22-26)16(9-24)29-20/h1-6,8,16-19,24-25H,7,9-10H2/t16-,17-,18+,19-,20+/m1/s1. The third kappa shape index (κ3) is 3.37. The number of halogens is 1. The monoisotopic (exact) mass is 418 g/mol. The number of hydrogen-bond acceptors (Lipinski definition) is 8. The largest absolute Gasteiger partial charge is 0.394 e. The zero-order chi connectivity index (χ0) is 20.6. The predicted molar refractivity (Wildman–Crippen MR) is 104 cm³/mol. The molecule has 1 spiro atoms. The van der Waals surface area contributed by atoms with E-state index in [0.717, 1.165) is 16.7 Å². The van der Waals surface area contributed by atoms with Gasteiger partial charge in [-0.05, 0) is 41.3 Å². The van der Waals surface area contributed by atoms with E-state index in [4.69, 9.17) is 21.1 Å². The summed E-state index contributed by atoms with van der Waals surface area (Å²) < 4.78 is 11.7. The molecule has 0 aliphatic carbocycles. The van der Waals surface area contributed by atoms with Crippen molar-refractivity contribution < 1.29 is 19.7 Å². The van der Waals surface area contributed by atoms with Gasteiger partial charge >= 0.3 is 0 Å². The van der Waals surface area contributed by atoms with Crippen molar-refractivity contribution in [3.63, 3.8) is 0 Å². The van der Waals surface area contributed by atoms with E-state index in [0.29, 0.717) is 17.0 Å². The molecule has 5 atom stereocenters. The first kappa shape index (κ1) is 20.1. The molecule has 0 saturated carbocycles. The van der Waals surface area contributed by atoms with E-state index in [1.807, 2.05) is 30.3 Å². The third-order valence-electron chi connectivity index (χ3n) is 5.50. The fourth-order valence-corrected chi connectivity index (χ4v) is 4.16. The van der Waals surface area contributed by atoms with Gasteiger partial charge in [0.2, 0.25) is 5.79 Å². The zero-order valence-corrected chi connectivity index (χ0v) is 16.0. The van der Waals surface area contributed by atoms with Gasteiger partial charge in [-0.2, -0.15) is 9.81 Å². The Morgan fingerprint density at radius 3 is 2.48 bits per heavy atom. The summed E-state index contributed by atoms with van der Waals surface area (Å²) in [5.41, 5.74) is 3.29. The van der Waals surface area contributed by atoms with E-state index in [9.17, 15) is 20.0 Å². The highest BCUT2D eigenvalue weighted by Gasteiger charge is 2.60. The first-order chi connectivity index (χ1) is 14.0. The molecule has 2 N–H and O–H groups in total. The molecule has 8 nitrogen and oxygen atoms in total. The quantitative estimate of drug-likeness (QED) is 0.720. The van der Waals surface area contributed by atoms with Gasteiger partial charge in [0.15, 0.2) is 6.04 Å². The number of nitroso groups, excluding NO2 is 2.